The van der Waals surface area contributed by atoms with Crippen molar-refractivity contribution in [3.05, 3.63) is 114 Å². The van der Waals surface area contributed by atoms with E-state index in [0.29, 0.717) is 35.7 Å². The van der Waals surface area contributed by atoms with Gasteiger partial charge in [0.2, 0.25) is 0 Å². The minimum absolute atomic E-state index is 0.254. The molecule has 7 heteroatoms. The first-order chi connectivity index (χ1) is 16.5. The number of ether oxygens (including phenoxy) is 1. The summed E-state index contributed by atoms with van der Waals surface area (Å²) in [5.41, 5.74) is 2.56. The average molecular weight is 471 g/mol. The second-order valence-corrected chi connectivity index (χ2v) is 9.74. The summed E-state index contributed by atoms with van der Waals surface area (Å²) >= 11 is 0. The number of sulfonamides is 1. The van der Waals surface area contributed by atoms with Crippen LogP contribution in [0.15, 0.2) is 108 Å². The van der Waals surface area contributed by atoms with Crippen LogP contribution < -0.4 is 14.4 Å². The van der Waals surface area contributed by atoms with Crippen molar-refractivity contribution in [3.8, 4) is 11.5 Å². The molecule has 4 aromatic rings. The van der Waals surface area contributed by atoms with Gasteiger partial charge in [0.1, 0.15) is 11.5 Å². The topological polar surface area (TPSA) is 75.7 Å². The van der Waals surface area contributed by atoms with E-state index in [1.165, 1.54) is 4.31 Å². The lowest BCUT2D eigenvalue weighted by Gasteiger charge is -2.19. The van der Waals surface area contributed by atoms with Crippen LogP contribution in [-0.4, -0.2) is 20.9 Å². The van der Waals surface area contributed by atoms with Crippen molar-refractivity contribution < 1.29 is 17.9 Å². The number of benzene rings is 4. The summed E-state index contributed by atoms with van der Waals surface area (Å²) in [5.74, 6) is 1.14. The van der Waals surface area contributed by atoms with Crippen molar-refractivity contribution in [1.82, 2.24) is 0 Å². The molecule has 0 aromatic heterocycles. The number of anilines is 2. The molecule has 0 saturated heterocycles. The van der Waals surface area contributed by atoms with Crippen LogP contribution in [0.25, 0.3) is 0 Å². The number of nitrogens with one attached hydrogen (secondary N) is 1. The summed E-state index contributed by atoms with van der Waals surface area (Å²) in [6.07, 6.45) is 0.550. The smallest absolute Gasteiger partial charge is 0.264 e. The maximum Gasteiger partial charge on any atom is 0.264 e. The molecular weight excluding hydrogens is 448 g/mol. The predicted molar refractivity (Wildman–Crippen MR) is 132 cm³/mol. The monoisotopic (exact) mass is 470 g/mol. The van der Waals surface area contributed by atoms with Crippen LogP contribution in [0.3, 0.4) is 0 Å². The zero-order chi connectivity index (χ0) is 23.5. The molecule has 5 rings (SSSR count). The van der Waals surface area contributed by atoms with E-state index in [0.717, 1.165) is 11.3 Å². The van der Waals surface area contributed by atoms with Gasteiger partial charge in [0.05, 0.1) is 10.6 Å². The fourth-order valence-electron chi connectivity index (χ4n) is 3.92. The average Bonchev–Trinajstić information content (AvgIpc) is 3.31. The third kappa shape index (κ3) is 4.38. The highest BCUT2D eigenvalue weighted by molar-refractivity contribution is 7.92. The first-order valence-electron chi connectivity index (χ1n) is 10.9. The van der Waals surface area contributed by atoms with Gasteiger partial charge in [-0.25, -0.2) is 8.42 Å². The number of carbonyl (C=O) groups excluding carboxylic acids is 1. The predicted octanol–water partition coefficient (Wildman–Crippen LogP) is 5.48. The summed E-state index contributed by atoms with van der Waals surface area (Å²) in [6.45, 7) is 0.348. The number of nitrogens with zero attached hydrogens (tertiary/aromatic N) is 1. The molecule has 0 bridgehead atoms. The second-order valence-electron chi connectivity index (χ2n) is 7.88. The minimum Gasteiger partial charge on any atom is -0.457 e. The van der Waals surface area contributed by atoms with E-state index in [9.17, 15) is 13.2 Å². The molecule has 1 heterocycles. The van der Waals surface area contributed by atoms with Crippen LogP contribution in [0.4, 0.5) is 11.4 Å². The van der Waals surface area contributed by atoms with Gasteiger partial charge in [-0.05, 0) is 78.7 Å². The quantitative estimate of drug-likeness (QED) is 0.405. The van der Waals surface area contributed by atoms with Gasteiger partial charge in [0.25, 0.3) is 15.9 Å². The van der Waals surface area contributed by atoms with Crippen molar-refractivity contribution >= 4 is 27.3 Å². The van der Waals surface area contributed by atoms with Gasteiger partial charge in [-0.2, -0.15) is 0 Å². The van der Waals surface area contributed by atoms with E-state index < -0.39 is 10.0 Å². The Bertz CT molecular complexity index is 1420. The molecule has 1 aliphatic rings. The van der Waals surface area contributed by atoms with Gasteiger partial charge in [-0.3, -0.25) is 9.10 Å². The SMILES string of the molecule is O=C(Nc1ccc(Oc2ccccc2)cc1)c1ccc2c(c1)CCN2S(=O)(=O)c1ccccc1. The van der Waals surface area contributed by atoms with E-state index in [-0.39, 0.29) is 10.8 Å². The van der Waals surface area contributed by atoms with E-state index in [1.807, 2.05) is 30.3 Å². The fourth-order valence-corrected chi connectivity index (χ4v) is 5.44. The Balaban J connectivity index is 1.29. The zero-order valence-electron chi connectivity index (χ0n) is 18.2. The van der Waals surface area contributed by atoms with Gasteiger partial charge in [0, 0.05) is 17.8 Å². The summed E-state index contributed by atoms with van der Waals surface area (Å²) in [4.78, 5) is 13.1. The molecule has 0 unspecified atom stereocenters. The number of rotatable bonds is 6. The zero-order valence-corrected chi connectivity index (χ0v) is 19.0. The lowest BCUT2D eigenvalue weighted by molar-refractivity contribution is 0.102. The second kappa shape index (κ2) is 9.03. The molecule has 0 spiro atoms. The summed E-state index contributed by atoms with van der Waals surface area (Å²) in [6, 6.07) is 30.1. The molecule has 6 nitrogen and oxygen atoms in total. The number of hydrogen-bond donors (Lipinski definition) is 1. The molecular formula is C27H22N2O4S. The van der Waals surface area contributed by atoms with Crippen LogP contribution in [0.5, 0.6) is 11.5 Å². The number of carbonyl (C=O) groups is 1. The van der Waals surface area contributed by atoms with Gasteiger partial charge in [-0.1, -0.05) is 36.4 Å². The summed E-state index contributed by atoms with van der Waals surface area (Å²) in [5, 5.41) is 2.88. The fraction of sp³-hybridized carbons (Fsp3) is 0.0741. The van der Waals surface area contributed by atoms with Crippen molar-refractivity contribution in [3.63, 3.8) is 0 Å². The van der Waals surface area contributed by atoms with Crippen molar-refractivity contribution in [2.24, 2.45) is 0 Å². The van der Waals surface area contributed by atoms with Crippen molar-refractivity contribution in [1.29, 1.82) is 0 Å². The lowest BCUT2D eigenvalue weighted by atomic mass is 10.1. The number of para-hydroxylation sites is 1. The Kier molecular flexibility index (Phi) is 5.77. The molecule has 0 saturated carbocycles. The maximum atomic E-state index is 13.0. The lowest BCUT2D eigenvalue weighted by Crippen LogP contribution is -2.29. The highest BCUT2D eigenvalue weighted by Gasteiger charge is 2.31. The van der Waals surface area contributed by atoms with Crippen molar-refractivity contribution in [2.45, 2.75) is 11.3 Å². The van der Waals surface area contributed by atoms with Crippen LogP contribution in [0.2, 0.25) is 0 Å². The maximum absolute atomic E-state index is 13.0. The highest BCUT2D eigenvalue weighted by Crippen LogP contribution is 2.33. The van der Waals surface area contributed by atoms with Crippen LogP contribution in [-0.2, 0) is 16.4 Å². The largest absolute Gasteiger partial charge is 0.457 e. The van der Waals surface area contributed by atoms with Gasteiger partial charge < -0.3 is 10.1 Å². The molecule has 0 fully saturated rings. The first kappa shape index (κ1) is 21.7. The number of hydrogen-bond acceptors (Lipinski definition) is 4. The molecule has 1 N–H and O–H groups in total. The normalized spacial score (nSPS) is 12.8. The Morgan fingerprint density at radius 1 is 0.794 bits per heavy atom. The molecule has 4 aromatic carbocycles. The van der Waals surface area contributed by atoms with Crippen LogP contribution in [0, 0.1) is 0 Å². The number of fused-ring (bicyclic) bond motifs is 1. The van der Waals surface area contributed by atoms with Gasteiger partial charge >= 0.3 is 0 Å². The van der Waals surface area contributed by atoms with E-state index in [1.54, 1.807) is 72.8 Å². The standard InChI is InChI=1S/C27H22N2O4S/c30-27(28-22-12-14-24(15-13-22)33-23-7-3-1-4-8-23)21-11-16-26-20(19-21)17-18-29(26)34(31,32)25-9-5-2-6-10-25/h1-16,19H,17-18H2,(H,28,30). The van der Waals surface area contributed by atoms with E-state index >= 15 is 0 Å². The molecule has 0 aliphatic carbocycles. The highest BCUT2D eigenvalue weighted by atomic mass is 32.2. The van der Waals surface area contributed by atoms with E-state index in [2.05, 4.69) is 5.32 Å². The molecule has 0 radical (unpaired) electrons. The Labute approximate surface area is 198 Å². The third-order valence-corrected chi connectivity index (χ3v) is 7.44. The van der Waals surface area contributed by atoms with Crippen LogP contribution >= 0.6 is 0 Å². The third-order valence-electron chi connectivity index (χ3n) is 5.62. The van der Waals surface area contributed by atoms with Gasteiger partial charge in [0.15, 0.2) is 0 Å². The summed E-state index contributed by atoms with van der Waals surface area (Å²) in [7, 11) is -3.64. The Morgan fingerprint density at radius 3 is 2.15 bits per heavy atom. The van der Waals surface area contributed by atoms with E-state index in [4.69, 9.17) is 4.74 Å². The van der Waals surface area contributed by atoms with Crippen LogP contribution in [0.1, 0.15) is 15.9 Å². The first-order valence-corrected chi connectivity index (χ1v) is 12.3. The minimum atomic E-state index is -3.64. The molecule has 1 amide bonds. The molecule has 1 aliphatic heterocycles. The molecule has 170 valence electrons. The molecule has 34 heavy (non-hydrogen) atoms. The number of amides is 1. The van der Waals surface area contributed by atoms with Gasteiger partial charge in [-0.15, -0.1) is 0 Å². The van der Waals surface area contributed by atoms with Crippen molar-refractivity contribution in [2.75, 3.05) is 16.2 Å². The summed E-state index contributed by atoms with van der Waals surface area (Å²) < 4.78 is 33.3. The Morgan fingerprint density at radius 2 is 1.44 bits per heavy atom. The molecule has 0 atom stereocenters. The Hall–Kier alpha value is -4.10.